The summed E-state index contributed by atoms with van der Waals surface area (Å²) in [6, 6.07) is 12.8. The molecule has 1 aromatic heterocycles. The zero-order valence-corrected chi connectivity index (χ0v) is 12.0. The van der Waals surface area contributed by atoms with E-state index in [9.17, 15) is 4.39 Å². The summed E-state index contributed by atoms with van der Waals surface area (Å²) < 4.78 is 13.7. The maximum atomic E-state index is 13.7. The molecule has 21 heavy (non-hydrogen) atoms. The number of hydrogen-bond donors (Lipinski definition) is 1. The van der Waals surface area contributed by atoms with Gasteiger partial charge in [-0.3, -0.25) is 0 Å². The van der Waals surface area contributed by atoms with Gasteiger partial charge in [-0.2, -0.15) is 0 Å². The van der Waals surface area contributed by atoms with Crippen molar-refractivity contribution in [3.63, 3.8) is 0 Å². The molecule has 0 atom stereocenters. The molecule has 0 aliphatic rings. The summed E-state index contributed by atoms with van der Waals surface area (Å²) in [5, 5.41) is 13.7. The van der Waals surface area contributed by atoms with Crippen LogP contribution in [0.2, 0.25) is 0 Å². The van der Waals surface area contributed by atoms with E-state index in [1.807, 2.05) is 44.2 Å². The lowest BCUT2D eigenvalue weighted by atomic mass is 10.0. The molecule has 2 aromatic carbocycles. The Balaban J connectivity index is 2.26. The number of nitrogens with zero attached hydrogens (tertiary/aromatic N) is 2. The van der Waals surface area contributed by atoms with Crippen molar-refractivity contribution in [2.24, 2.45) is 0 Å². The molecule has 0 aliphatic carbocycles. The van der Waals surface area contributed by atoms with Gasteiger partial charge in [0.15, 0.2) is 5.82 Å². The Morgan fingerprint density at radius 2 is 1.81 bits per heavy atom. The Kier molecular flexibility index (Phi) is 3.52. The van der Waals surface area contributed by atoms with Crippen molar-refractivity contribution < 1.29 is 4.39 Å². The lowest BCUT2D eigenvalue weighted by molar-refractivity contribution is 0.627. The summed E-state index contributed by atoms with van der Waals surface area (Å²) in [7, 11) is 0. The van der Waals surface area contributed by atoms with Gasteiger partial charge < -0.3 is 5.32 Å². The second-order valence-corrected chi connectivity index (χ2v) is 4.99. The summed E-state index contributed by atoms with van der Waals surface area (Å²) >= 11 is 0. The van der Waals surface area contributed by atoms with E-state index in [-0.39, 0.29) is 5.82 Å². The van der Waals surface area contributed by atoms with Gasteiger partial charge >= 0.3 is 0 Å². The molecule has 0 saturated heterocycles. The monoisotopic (exact) mass is 281 g/mol. The highest BCUT2D eigenvalue weighted by molar-refractivity contribution is 6.00. The van der Waals surface area contributed by atoms with Gasteiger partial charge in [-0.25, -0.2) is 4.39 Å². The fourth-order valence-electron chi connectivity index (χ4n) is 2.49. The van der Waals surface area contributed by atoms with Crippen LogP contribution in [0.3, 0.4) is 0 Å². The first kappa shape index (κ1) is 13.5. The van der Waals surface area contributed by atoms with E-state index in [1.165, 1.54) is 12.1 Å². The molecule has 0 unspecified atom stereocenters. The first-order chi connectivity index (χ1) is 10.2. The summed E-state index contributed by atoms with van der Waals surface area (Å²) in [4.78, 5) is 0. The van der Waals surface area contributed by atoms with E-state index in [0.29, 0.717) is 5.69 Å². The van der Waals surface area contributed by atoms with E-state index in [0.717, 1.165) is 34.3 Å². The van der Waals surface area contributed by atoms with Crippen LogP contribution < -0.4 is 5.32 Å². The quantitative estimate of drug-likeness (QED) is 0.782. The highest BCUT2D eigenvalue weighted by Gasteiger charge is 2.11. The van der Waals surface area contributed by atoms with Gasteiger partial charge in [-0.1, -0.05) is 24.3 Å². The molecule has 0 spiro atoms. The predicted molar refractivity (Wildman–Crippen MR) is 83.8 cm³/mol. The molecule has 1 N–H and O–H groups in total. The van der Waals surface area contributed by atoms with Gasteiger partial charge in [0.1, 0.15) is 11.5 Å². The molecule has 0 fully saturated rings. The Bertz CT molecular complexity index is 779. The van der Waals surface area contributed by atoms with Crippen molar-refractivity contribution in [3.8, 4) is 11.3 Å². The fraction of sp³-hybridized carbons (Fsp3) is 0.176. The van der Waals surface area contributed by atoms with Gasteiger partial charge in [0.25, 0.3) is 0 Å². The Hall–Kier alpha value is -2.49. The number of fused-ring (bicyclic) bond motifs is 1. The number of benzene rings is 2. The lowest BCUT2D eigenvalue weighted by Crippen LogP contribution is -2.03. The summed E-state index contributed by atoms with van der Waals surface area (Å²) in [6.45, 7) is 4.66. The van der Waals surface area contributed by atoms with Gasteiger partial charge in [0, 0.05) is 22.9 Å². The van der Waals surface area contributed by atoms with Gasteiger partial charge in [-0.05, 0) is 37.6 Å². The average Bonchev–Trinajstić information content (AvgIpc) is 2.47. The molecular formula is C17H16FN3. The van der Waals surface area contributed by atoms with Crippen LogP contribution in [0.1, 0.15) is 12.5 Å². The number of halogens is 1. The molecule has 106 valence electrons. The zero-order chi connectivity index (χ0) is 14.8. The third-order valence-electron chi connectivity index (χ3n) is 3.35. The lowest BCUT2D eigenvalue weighted by Gasteiger charge is -2.10. The van der Waals surface area contributed by atoms with E-state index in [2.05, 4.69) is 15.5 Å². The number of hydrogen-bond acceptors (Lipinski definition) is 3. The first-order valence-electron chi connectivity index (χ1n) is 6.96. The van der Waals surface area contributed by atoms with Crippen LogP contribution in [-0.4, -0.2) is 16.7 Å². The maximum Gasteiger partial charge on any atom is 0.156 e. The standard InChI is InChI=1S/C17H16FN3/c1-3-19-17-15-7-5-4-6-14(15)16(20-21-17)12-8-11(2)9-13(18)10-12/h4-10H,3H2,1-2H3,(H,19,21). The molecule has 1 heterocycles. The minimum absolute atomic E-state index is 0.258. The van der Waals surface area contributed by atoms with Crippen LogP contribution in [0.25, 0.3) is 22.0 Å². The molecule has 4 heteroatoms. The molecular weight excluding hydrogens is 265 g/mol. The van der Waals surface area contributed by atoms with E-state index in [4.69, 9.17) is 0 Å². The van der Waals surface area contributed by atoms with Crippen LogP contribution in [0.15, 0.2) is 42.5 Å². The smallest absolute Gasteiger partial charge is 0.156 e. The number of nitrogens with one attached hydrogen (secondary N) is 1. The van der Waals surface area contributed by atoms with Crippen LogP contribution in [0.4, 0.5) is 10.2 Å². The topological polar surface area (TPSA) is 37.8 Å². The molecule has 0 aliphatic heterocycles. The van der Waals surface area contributed by atoms with Crippen molar-refractivity contribution in [1.29, 1.82) is 0 Å². The maximum absolute atomic E-state index is 13.7. The zero-order valence-electron chi connectivity index (χ0n) is 12.0. The highest BCUT2D eigenvalue weighted by Crippen LogP contribution is 2.30. The molecule has 0 amide bonds. The Labute approximate surface area is 122 Å². The summed E-state index contributed by atoms with van der Waals surface area (Å²) in [5.74, 6) is 0.497. The highest BCUT2D eigenvalue weighted by atomic mass is 19.1. The van der Waals surface area contributed by atoms with E-state index >= 15 is 0 Å². The third kappa shape index (κ3) is 2.57. The number of rotatable bonds is 3. The largest absolute Gasteiger partial charge is 0.368 e. The Morgan fingerprint density at radius 1 is 1.05 bits per heavy atom. The summed E-state index contributed by atoms with van der Waals surface area (Å²) in [6.07, 6.45) is 0. The molecule has 0 saturated carbocycles. The van der Waals surface area contributed by atoms with Crippen molar-refractivity contribution in [2.75, 3.05) is 11.9 Å². The van der Waals surface area contributed by atoms with Gasteiger partial charge in [-0.15, -0.1) is 10.2 Å². The number of aryl methyl sites for hydroxylation is 1. The molecule has 0 radical (unpaired) electrons. The van der Waals surface area contributed by atoms with Crippen molar-refractivity contribution >= 4 is 16.6 Å². The average molecular weight is 281 g/mol. The number of aromatic nitrogens is 2. The predicted octanol–water partition coefficient (Wildman–Crippen LogP) is 4.18. The normalized spacial score (nSPS) is 10.8. The van der Waals surface area contributed by atoms with Crippen LogP contribution in [0, 0.1) is 12.7 Å². The fourth-order valence-corrected chi connectivity index (χ4v) is 2.49. The minimum Gasteiger partial charge on any atom is -0.368 e. The van der Waals surface area contributed by atoms with Crippen LogP contribution in [0.5, 0.6) is 0 Å². The third-order valence-corrected chi connectivity index (χ3v) is 3.35. The Morgan fingerprint density at radius 3 is 2.52 bits per heavy atom. The van der Waals surface area contributed by atoms with Crippen molar-refractivity contribution in [2.45, 2.75) is 13.8 Å². The van der Waals surface area contributed by atoms with Crippen molar-refractivity contribution in [3.05, 3.63) is 53.8 Å². The van der Waals surface area contributed by atoms with Gasteiger partial charge in [0.05, 0.1) is 0 Å². The second-order valence-electron chi connectivity index (χ2n) is 4.99. The molecule has 3 aromatic rings. The van der Waals surface area contributed by atoms with Crippen LogP contribution >= 0.6 is 0 Å². The summed E-state index contributed by atoms with van der Waals surface area (Å²) in [5.41, 5.74) is 2.32. The number of anilines is 1. The molecule has 3 rings (SSSR count). The minimum atomic E-state index is -0.258. The van der Waals surface area contributed by atoms with E-state index in [1.54, 1.807) is 0 Å². The van der Waals surface area contributed by atoms with Gasteiger partial charge in [0.2, 0.25) is 0 Å². The molecule has 3 nitrogen and oxygen atoms in total. The first-order valence-corrected chi connectivity index (χ1v) is 6.96. The second kappa shape index (κ2) is 5.48. The molecule has 0 bridgehead atoms. The van der Waals surface area contributed by atoms with Crippen molar-refractivity contribution in [1.82, 2.24) is 10.2 Å². The van der Waals surface area contributed by atoms with Crippen LogP contribution in [-0.2, 0) is 0 Å². The van der Waals surface area contributed by atoms with E-state index < -0.39 is 0 Å². The SMILES string of the molecule is CCNc1nnc(-c2cc(C)cc(F)c2)c2ccccc12.